The van der Waals surface area contributed by atoms with Crippen LogP contribution in [0, 0.1) is 5.82 Å². The quantitative estimate of drug-likeness (QED) is 0.545. The third-order valence-electron chi connectivity index (χ3n) is 4.36. The van der Waals surface area contributed by atoms with Crippen molar-refractivity contribution >= 4 is 17.7 Å². The van der Waals surface area contributed by atoms with Crippen LogP contribution in [0.3, 0.4) is 0 Å². The number of halogens is 1. The van der Waals surface area contributed by atoms with E-state index in [-0.39, 0.29) is 11.7 Å². The van der Waals surface area contributed by atoms with Crippen LogP contribution in [-0.2, 0) is 12.3 Å². The number of hydrogen-bond acceptors (Lipinski definition) is 5. The predicted molar refractivity (Wildman–Crippen MR) is 112 cm³/mol. The molecule has 1 amide bonds. The third-order valence-corrected chi connectivity index (χ3v) is 5.31. The maximum atomic E-state index is 13.2. The van der Waals surface area contributed by atoms with E-state index < -0.39 is 0 Å². The van der Waals surface area contributed by atoms with E-state index in [1.54, 1.807) is 28.8 Å². The molecule has 0 unspecified atom stereocenters. The van der Waals surface area contributed by atoms with Gasteiger partial charge in [-0.1, -0.05) is 36.0 Å². The predicted octanol–water partition coefficient (Wildman–Crippen LogP) is 3.44. The molecule has 152 valence electrons. The molecule has 0 aliphatic rings. The summed E-state index contributed by atoms with van der Waals surface area (Å²) in [6.45, 7) is 1.78. The molecule has 3 rings (SSSR count). The average molecular weight is 414 g/mol. The number of hydrogen-bond donors (Lipinski definition) is 1. The summed E-state index contributed by atoms with van der Waals surface area (Å²) in [5.74, 6) is 0.424. The first-order valence-electron chi connectivity index (χ1n) is 9.27. The molecule has 0 saturated carbocycles. The van der Waals surface area contributed by atoms with Gasteiger partial charge in [-0.2, -0.15) is 5.10 Å². The van der Waals surface area contributed by atoms with E-state index in [4.69, 9.17) is 0 Å². The van der Waals surface area contributed by atoms with Crippen molar-refractivity contribution in [3.8, 4) is 0 Å². The Hall–Kier alpha value is -2.71. The summed E-state index contributed by atoms with van der Waals surface area (Å²) in [5, 5.41) is 7.41. The molecule has 0 radical (unpaired) electrons. The molecule has 0 aliphatic heterocycles. The second-order valence-corrected chi connectivity index (χ2v) is 7.90. The maximum absolute atomic E-state index is 13.2. The van der Waals surface area contributed by atoms with E-state index in [0.29, 0.717) is 18.7 Å². The summed E-state index contributed by atoms with van der Waals surface area (Å²) in [4.78, 5) is 21.0. The maximum Gasteiger partial charge on any atom is 0.254 e. The molecule has 0 saturated heterocycles. The Kier molecular flexibility index (Phi) is 7.37. The minimum atomic E-state index is -0.279. The number of benzene rings is 2. The zero-order valence-corrected chi connectivity index (χ0v) is 17.3. The van der Waals surface area contributed by atoms with Crippen LogP contribution in [-0.4, -0.2) is 58.1 Å². The van der Waals surface area contributed by atoms with Gasteiger partial charge in [0, 0.05) is 31.0 Å². The Morgan fingerprint density at radius 1 is 1.03 bits per heavy atom. The van der Waals surface area contributed by atoms with Crippen LogP contribution in [0.1, 0.15) is 21.5 Å². The van der Waals surface area contributed by atoms with Crippen LogP contribution in [0.4, 0.5) is 4.39 Å². The van der Waals surface area contributed by atoms with Crippen molar-refractivity contribution in [2.75, 3.05) is 27.2 Å². The van der Waals surface area contributed by atoms with Crippen molar-refractivity contribution in [2.45, 2.75) is 17.5 Å². The van der Waals surface area contributed by atoms with Crippen LogP contribution in [0.2, 0.25) is 0 Å². The molecule has 6 nitrogen and oxygen atoms in total. The number of rotatable bonds is 9. The average Bonchev–Trinajstić information content (AvgIpc) is 3.24. The van der Waals surface area contributed by atoms with Crippen molar-refractivity contribution in [3.63, 3.8) is 0 Å². The molecule has 0 aliphatic carbocycles. The summed E-state index contributed by atoms with van der Waals surface area (Å²) >= 11 is 1.55. The standard InChI is InChI=1S/C21H24FN5OS/c1-26(2)11-12-27(13-16-5-9-19(22)10-6-16)20(28)18-7-3-17(4-8-18)14-29-21-23-15-24-25-21/h3-10,15H,11-14H2,1-2H3,(H,23,24,25). The lowest BCUT2D eigenvalue weighted by atomic mass is 10.1. The SMILES string of the molecule is CN(C)CCN(Cc1ccc(F)cc1)C(=O)c1ccc(CSc2ncn[nH]2)cc1. The van der Waals surface area contributed by atoms with Gasteiger partial charge in [-0.25, -0.2) is 9.37 Å². The van der Waals surface area contributed by atoms with E-state index in [2.05, 4.69) is 15.2 Å². The molecule has 1 heterocycles. The number of H-pyrrole nitrogens is 1. The van der Waals surface area contributed by atoms with Gasteiger partial charge in [-0.05, 0) is 49.5 Å². The second-order valence-electron chi connectivity index (χ2n) is 6.93. The van der Waals surface area contributed by atoms with E-state index in [1.807, 2.05) is 43.3 Å². The summed E-state index contributed by atoms with van der Waals surface area (Å²) in [7, 11) is 3.95. The number of nitrogens with zero attached hydrogens (tertiary/aromatic N) is 4. The minimum absolute atomic E-state index is 0.0365. The van der Waals surface area contributed by atoms with Gasteiger partial charge in [0.2, 0.25) is 0 Å². The summed E-state index contributed by atoms with van der Waals surface area (Å²) in [6.07, 6.45) is 1.48. The smallest absolute Gasteiger partial charge is 0.254 e. The number of amides is 1. The molecule has 0 atom stereocenters. The van der Waals surface area contributed by atoms with Crippen molar-refractivity contribution in [2.24, 2.45) is 0 Å². The molecule has 29 heavy (non-hydrogen) atoms. The zero-order valence-electron chi connectivity index (χ0n) is 16.5. The highest BCUT2D eigenvalue weighted by Crippen LogP contribution is 2.19. The Morgan fingerprint density at radius 2 is 1.72 bits per heavy atom. The van der Waals surface area contributed by atoms with E-state index in [9.17, 15) is 9.18 Å². The number of aromatic nitrogens is 3. The summed E-state index contributed by atoms with van der Waals surface area (Å²) < 4.78 is 13.2. The normalized spacial score (nSPS) is 11.0. The fourth-order valence-electron chi connectivity index (χ4n) is 2.72. The van der Waals surface area contributed by atoms with Gasteiger partial charge in [0.05, 0.1) is 0 Å². The van der Waals surface area contributed by atoms with Gasteiger partial charge in [0.25, 0.3) is 5.91 Å². The van der Waals surface area contributed by atoms with E-state index in [0.717, 1.165) is 28.6 Å². The lowest BCUT2D eigenvalue weighted by Gasteiger charge is -2.25. The van der Waals surface area contributed by atoms with Crippen LogP contribution in [0.5, 0.6) is 0 Å². The first-order chi connectivity index (χ1) is 14.0. The first-order valence-corrected chi connectivity index (χ1v) is 10.3. The molecule has 2 aromatic carbocycles. The van der Waals surface area contributed by atoms with Crippen molar-refractivity contribution in [1.29, 1.82) is 0 Å². The number of likely N-dealkylation sites (N-methyl/N-ethyl adjacent to an activating group) is 1. The molecule has 8 heteroatoms. The van der Waals surface area contributed by atoms with Crippen LogP contribution < -0.4 is 0 Å². The Balaban J connectivity index is 1.67. The Labute approximate surface area is 174 Å². The highest BCUT2D eigenvalue weighted by Gasteiger charge is 2.16. The Bertz CT molecular complexity index is 898. The molecule has 0 bridgehead atoms. The second kappa shape index (κ2) is 10.2. The summed E-state index contributed by atoms with van der Waals surface area (Å²) in [5.41, 5.74) is 2.64. The topological polar surface area (TPSA) is 65.1 Å². The van der Waals surface area contributed by atoms with Crippen LogP contribution in [0.25, 0.3) is 0 Å². The molecular formula is C21H24FN5OS. The molecule has 0 spiro atoms. The number of thioether (sulfide) groups is 1. The third kappa shape index (κ3) is 6.40. The summed E-state index contributed by atoms with van der Waals surface area (Å²) in [6, 6.07) is 13.9. The van der Waals surface area contributed by atoms with Gasteiger partial charge in [0.1, 0.15) is 12.1 Å². The first kappa shape index (κ1) is 21.0. The van der Waals surface area contributed by atoms with Crippen LogP contribution >= 0.6 is 11.8 Å². The van der Waals surface area contributed by atoms with Crippen LogP contribution in [0.15, 0.2) is 60.0 Å². The van der Waals surface area contributed by atoms with Crippen molar-refractivity contribution in [1.82, 2.24) is 25.0 Å². The van der Waals surface area contributed by atoms with Crippen molar-refractivity contribution < 1.29 is 9.18 Å². The lowest BCUT2D eigenvalue weighted by molar-refractivity contribution is 0.0732. The van der Waals surface area contributed by atoms with Gasteiger partial charge in [-0.3, -0.25) is 9.89 Å². The number of carbonyl (C=O) groups excluding carboxylic acids is 1. The van der Waals surface area contributed by atoms with Gasteiger partial charge >= 0.3 is 0 Å². The van der Waals surface area contributed by atoms with Gasteiger partial charge < -0.3 is 9.80 Å². The van der Waals surface area contributed by atoms with E-state index >= 15 is 0 Å². The van der Waals surface area contributed by atoms with Crippen molar-refractivity contribution in [3.05, 3.63) is 77.4 Å². The molecule has 0 fully saturated rings. The monoisotopic (exact) mass is 413 g/mol. The van der Waals surface area contributed by atoms with Gasteiger partial charge in [0.15, 0.2) is 5.16 Å². The number of carbonyl (C=O) groups is 1. The highest BCUT2D eigenvalue weighted by molar-refractivity contribution is 7.98. The Morgan fingerprint density at radius 3 is 2.34 bits per heavy atom. The zero-order chi connectivity index (χ0) is 20.6. The lowest BCUT2D eigenvalue weighted by Crippen LogP contribution is -2.36. The molecule has 3 aromatic rings. The largest absolute Gasteiger partial charge is 0.333 e. The number of aromatic amines is 1. The highest BCUT2D eigenvalue weighted by atomic mass is 32.2. The number of nitrogens with one attached hydrogen (secondary N) is 1. The fraction of sp³-hybridized carbons (Fsp3) is 0.286. The molecular weight excluding hydrogens is 389 g/mol. The van der Waals surface area contributed by atoms with Gasteiger partial charge in [-0.15, -0.1) is 0 Å². The minimum Gasteiger partial charge on any atom is -0.333 e. The molecule has 1 N–H and O–H groups in total. The van der Waals surface area contributed by atoms with E-state index in [1.165, 1.54) is 18.5 Å². The molecule has 1 aromatic heterocycles. The fourth-order valence-corrected chi connectivity index (χ4v) is 3.46.